The van der Waals surface area contributed by atoms with Crippen molar-refractivity contribution in [2.45, 2.75) is 45.1 Å². The molecule has 20 heavy (non-hydrogen) atoms. The lowest BCUT2D eigenvalue weighted by Gasteiger charge is -2.31. The van der Waals surface area contributed by atoms with E-state index in [9.17, 15) is 10.1 Å². The number of nitrogens with two attached hydrogens (primary N) is 1. The largest absolute Gasteiger partial charge is 0.361 e. The van der Waals surface area contributed by atoms with Gasteiger partial charge in [-0.25, -0.2) is 15.8 Å². The minimum atomic E-state index is -0.513. The van der Waals surface area contributed by atoms with Crippen LogP contribution in [-0.4, -0.2) is 20.9 Å². The molecule has 1 aromatic rings. The van der Waals surface area contributed by atoms with Crippen molar-refractivity contribution < 1.29 is 4.92 Å². The average molecular weight is 280 g/mol. The number of hydrazine groups is 1. The maximum atomic E-state index is 11.2. The highest BCUT2D eigenvalue weighted by Gasteiger charge is 2.28. The zero-order chi connectivity index (χ0) is 14.5. The van der Waals surface area contributed by atoms with Crippen LogP contribution in [0.25, 0.3) is 0 Å². The van der Waals surface area contributed by atoms with Gasteiger partial charge < -0.3 is 10.7 Å². The lowest BCUT2D eigenvalue weighted by atomic mass is 9.83. The molecule has 1 aliphatic rings. The topological polar surface area (TPSA) is 119 Å². The summed E-state index contributed by atoms with van der Waals surface area (Å²) in [6.07, 6.45) is 6.83. The molecule has 4 N–H and O–H groups in total. The molecule has 0 amide bonds. The first-order valence-corrected chi connectivity index (χ1v) is 6.89. The first kappa shape index (κ1) is 14.4. The Morgan fingerprint density at radius 1 is 1.40 bits per heavy atom. The van der Waals surface area contributed by atoms with Gasteiger partial charge in [-0.3, -0.25) is 10.1 Å². The third-order valence-electron chi connectivity index (χ3n) is 3.90. The lowest BCUT2D eigenvalue weighted by Crippen LogP contribution is -2.32. The highest BCUT2D eigenvalue weighted by Crippen LogP contribution is 2.33. The fourth-order valence-electron chi connectivity index (χ4n) is 2.82. The van der Waals surface area contributed by atoms with Crippen molar-refractivity contribution in [1.29, 1.82) is 0 Å². The standard InChI is InChI=1S/C12H20N6O2/c1-2-8-5-3-4-6-9(8)16-11-10(18(19)20)12(17-13)15-7-14-11/h7-9H,2-6,13H2,1H3,(H2,14,15,16,17). The number of rotatable bonds is 5. The van der Waals surface area contributed by atoms with Crippen LogP contribution in [0.4, 0.5) is 17.3 Å². The predicted octanol–water partition coefficient (Wildman–Crippen LogP) is 2.05. The molecule has 1 fully saturated rings. The monoisotopic (exact) mass is 280 g/mol. The van der Waals surface area contributed by atoms with E-state index in [2.05, 4.69) is 27.6 Å². The minimum Gasteiger partial charge on any atom is -0.361 e. The number of nitrogen functional groups attached to an aromatic ring is 1. The Kier molecular flexibility index (Phi) is 4.67. The van der Waals surface area contributed by atoms with Gasteiger partial charge in [0.1, 0.15) is 6.33 Å². The summed E-state index contributed by atoms with van der Waals surface area (Å²) in [6.45, 7) is 2.14. The van der Waals surface area contributed by atoms with Gasteiger partial charge >= 0.3 is 5.69 Å². The Hall–Kier alpha value is -1.96. The number of aromatic nitrogens is 2. The molecule has 0 saturated heterocycles. The van der Waals surface area contributed by atoms with Crippen molar-refractivity contribution in [1.82, 2.24) is 9.97 Å². The van der Waals surface area contributed by atoms with E-state index in [0.717, 1.165) is 25.7 Å². The molecule has 0 spiro atoms. The molecular weight excluding hydrogens is 260 g/mol. The number of hydrogen-bond acceptors (Lipinski definition) is 7. The van der Waals surface area contributed by atoms with E-state index in [4.69, 9.17) is 5.84 Å². The molecule has 1 aliphatic carbocycles. The molecule has 0 aromatic carbocycles. The van der Waals surface area contributed by atoms with Crippen LogP contribution in [-0.2, 0) is 0 Å². The molecule has 110 valence electrons. The van der Waals surface area contributed by atoms with Gasteiger partial charge in [-0.15, -0.1) is 0 Å². The van der Waals surface area contributed by atoms with E-state index < -0.39 is 4.92 Å². The van der Waals surface area contributed by atoms with Gasteiger partial charge in [-0.05, 0) is 18.8 Å². The van der Waals surface area contributed by atoms with Gasteiger partial charge in [0.2, 0.25) is 11.6 Å². The highest BCUT2D eigenvalue weighted by atomic mass is 16.6. The summed E-state index contributed by atoms with van der Waals surface area (Å²) in [5.41, 5.74) is 2.05. The zero-order valence-electron chi connectivity index (χ0n) is 11.5. The molecule has 2 rings (SSSR count). The molecule has 2 atom stereocenters. The Labute approximate surface area is 117 Å². The van der Waals surface area contributed by atoms with Crippen molar-refractivity contribution in [2.75, 3.05) is 10.7 Å². The van der Waals surface area contributed by atoms with E-state index in [1.54, 1.807) is 0 Å². The van der Waals surface area contributed by atoms with Crippen molar-refractivity contribution in [2.24, 2.45) is 11.8 Å². The molecule has 0 bridgehead atoms. The summed E-state index contributed by atoms with van der Waals surface area (Å²) < 4.78 is 0. The predicted molar refractivity (Wildman–Crippen MR) is 76.2 cm³/mol. The number of anilines is 2. The molecule has 8 nitrogen and oxygen atoms in total. The van der Waals surface area contributed by atoms with Gasteiger partial charge in [0.25, 0.3) is 0 Å². The summed E-state index contributed by atoms with van der Waals surface area (Å²) >= 11 is 0. The van der Waals surface area contributed by atoms with Crippen LogP contribution in [0.15, 0.2) is 6.33 Å². The van der Waals surface area contributed by atoms with Crippen LogP contribution >= 0.6 is 0 Å². The summed E-state index contributed by atoms with van der Waals surface area (Å²) in [4.78, 5) is 18.5. The minimum absolute atomic E-state index is 0.0244. The first-order chi connectivity index (χ1) is 9.67. The van der Waals surface area contributed by atoms with Crippen molar-refractivity contribution in [3.05, 3.63) is 16.4 Å². The van der Waals surface area contributed by atoms with Crippen molar-refractivity contribution in [3.63, 3.8) is 0 Å². The maximum absolute atomic E-state index is 11.2. The van der Waals surface area contributed by atoms with Gasteiger partial charge in [0.15, 0.2) is 0 Å². The number of hydrogen-bond donors (Lipinski definition) is 3. The Morgan fingerprint density at radius 2 is 2.10 bits per heavy atom. The molecule has 0 aliphatic heterocycles. The molecule has 0 radical (unpaired) electrons. The third-order valence-corrected chi connectivity index (χ3v) is 3.90. The smallest absolute Gasteiger partial charge is 0.354 e. The fourth-order valence-corrected chi connectivity index (χ4v) is 2.82. The molecular formula is C12H20N6O2. The number of nitrogens with one attached hydrogen (secondary N) is 2. The fraction of sp³-hybridized carbons (Fsp3) is 0.667. The highest BCUT2D eigenvalue weighted by molar-refractivity contribution is 5.69. The third kappa shape index (κ3) is 2.96. The van der Waals surface area contributed by atoms with Crippen LogP contribution < -0.4 is 16.6 Å². The second kappa shape index (κ2) is 6.47. The zero-order valence-corrected chi connectivity index (χ0v) is 11.5. The number of nitro groups is 1. The van der Waals surface area contributed by atoms with Crippen LogP contribution in [0.3, 0.4) is 0 Å². The van der Waals surface area contributed by atoms with Crippen LogP contribution in [0.5, 0.6) is 0 Å². The molecule has 8 heteroatoms. The Balaban J connectivity index is 2.26. The van der Waals surface area contributed by atoms with Gasteiger partial charge in [0.05, 0.1) is 4.92 Å². The van der Waals surface area contributed by atoms with Crippen LogP contribution in [0.1, 0.15) is 39.0 Å². The summed E-state index contributed by atoms with van der Waals surface area (Å²) in [5, 5.41) is 14.4. The van der Waals surface area contributed by atoms with Crippen LogP contribution in [0.2, 0.25) is 0 Å². The normalized spacial score (nSPS) is 22.3. The van der Waals surface area contributed by atoms with E-state index in [1.165, 1.54) is 12.7 Å². The van der Waals surface area contributed by atoms with Crippen LogP contribution in [0, 0.1) is 16.0 Å². The maximum Gasteiger partial charge on any atom is 0.354 e. The van der Waals surface area contributed by atoms with Crippen molar-refractivity contribution in [3.8, 4) is 0 Å². The second-order valence-corrected chi connectivity index (χ2v) is 5.02. The molecule has 2 unspecified atom stereocenters. The number of nitrogens with zero attached hydrogens (tertiary/aromatic N) is 3. The van der Waals surface area contributed by atoms with Gasteiger partial charge in [-0.1, -0.05) is 26.2 Å². The lowest BCUT2D eigenvalue weighted by molar-refractivity contribution is -0.383. The quantitative estimate of drug-likeness (QED) is 0.429. The van der Waals surface area contributed by atoms with E-state index in [-0.39, 0.29) is 23.4 Å². The Bertz CT molecular complexity index is 481. The van der Waals surface area contributed by atoms with E-state index in [1.807, 2.05) is 0 Å². The first-order valence-electron chi connectivity index (χ1n) is 6.89. The SMILES string of the molecule is CCC1CCCCC1Nc1ncnc(NN)c1[N+](=O)[O-]. The Morgan fingerprint density at radius 3 is 2.75 bits per heavy atom. The average Bonchev–Trinajstić information content (AvgIpc) is 2.47. The van der Waals surface area contributed by atoms with E-state index in [0.29, 0.717) is 5.92 Å². The molecule has 1 heterocycles. The van der Waals surface area contributed by atoms with E-state index >= 15 is 0 Å². The van der Waals surface area contributed by atoms with Crippen molar-refractivity contribution >= 4 is 17.3 Å². The summed E-state index contributed by atoms with van der Waals surface area (Å²) in [7, 11) is 0. The molecule has 1 aromatic heterocycles. The van der Waals surface area contributed by atoms with Gasteiger partial charge in [0, 0.05) is 6.04 Å². The summed E-state index contributed by atoms with van der Waals surface area (Å²) in [6, 6.07) is 0.216. The second-order valence-electron chi connectivity index (χ2n) is 5.02. The summed E-state index contributed by atoms with van der Waals surface area (Å²) in [5.74, 6) is 6.06. The van der Waals surface area contributed by atoms with Gasteiger partial charge in [-0.2, -0.15) is 0 Å². The molecule has 1 saturated carbocycles.